The SMILES string of the molecule is CC1CCCCC1NC(=O)C1CCCN1C(=O)c1ccc(Cl)c(Cl)c1. The zero-order valence-electron chi connectivity index (χ0n) is 14.4. The van der Waals surface area contributed by atoms with Gasteiger partial charge in [0.1, 0.15) is 6.04 Å². The number of carbonyl (C=O) groups is 2. The zero-order chi connectivity index (χ0) is 18.0. The Labute approximate surface area is 158 Å². The maximum Gasteiger partial charge on any atom is 0.254 e. The molecule has 2 amide bonds. The van der Waals surface area contributed by atoms with Gasteiger partial charge in [-0.05, 0) is 49.8 Å². The van der Waals surface area contributed by atoms with E-state index in [1.807, 2.05) is 0 Å². The number of benzene rings is 1. The lowest BCUT2D eigenvalue weighted by Crippen LogP contribution is -2.50. The number of hydrogen-bond donors (Lipinski definition) is 1. The molecule has 1 saturated heterocycles. The average Bonchev–Trinajstić information content (AvgIpc) is 3.08. The van der Waals surface area contributed by atoms with Crippen molar-refractivity contribution in [2.24, 2.45) is 5.92 Å². The molecule has 1 saturated carbocycles. The summed E-state index contributed by atoms with van der Waals surface area (Å²) >= 11 is 12.0. The summed E-state index contributed by atoms with van der Waals surface area (Å²) in [5.41, 5.74) is 0.472. The van der Waals surface area contributed by atoms with E-state index in [4.69, 9.17) is 23.2 Å². The van der Waals surface area contributed by atoms with Gasteiger partial charge in [0.05, 0.1) is 10.0 Å². The molecular weight excluding hydrogens is 359 g/mol. The van der Waals surface area contributed by atoms with Crippen molar-refractivity contribution in [2.75, 3.05) is 6.54 Å². The first-order valence-electron chi connectivity index (χ1n) is 9.04. The van der Waals surface area contributed by atoms with Crippen LogP contribution in [0.15, 0.2) is 18.2 Å². The number of hydrogen-bond acceptors (Lipinski definition) is 2. The largest absolute Gasteiger partial charge is 0.351 e. The monoisotopic (exact) mass is 382 g/mol. The third-order valence-corrected chi connectivity index (χ3v) is 6.16. The van der Waals surface area contributed by atoms with Crippen LogP contribution in [0.3, 0.4) is 0 Å². The molecule has 3 unspecified atom stereocenters. The van der Waals surface area contributed by atoms with Crippen LogP contribution in [0.1, 0.15) is 55.8 Å². The normalized spacial score (nSPS) is 26.5. The van der Waals surface area contributed by atoms with Crippen LogP contribution in [-0.4, -0.2) is 35.3 Å². The standard InChI is InChI=1S/C19H24Cl2N2O2/c1-12-5-2-3-6-16(12)22-18(24)17-7-4-10-23(17)19(25)13-8-9-14(20)15(21)11-13/h8-9,11-12,16-17H,2-7,10H2,1H3,(H,22,24). The second-order valence-electron chi connectivity index (χ2n) is 7.16. The van der Waals surface area contributed by atoms with E-state index in [0.29, 0.717) is 34.5 Å². The fourth-order valence-electron chi connectivity index (χ4n) is 3.89. The molecule has 0 spiro atoms. The van der Waals surface area contributed by atoms with Gasteiger partial charge < -0.3 is 10.2 Å². The predicted octanol–water partition coefficient (Wildman–Crippen LogP) is 4.29. The third kappa shape index (κ3) is 4.12. The molecule has 1 aromatic rings. The molecule has 25 heavy (non-hydrogen) atoms. The Balaban J connectivity index is 1.69. The minimum absolute atomic E-state index is 0.0235. The summed E-state index contributed by atoms with van der Waals surface area (Å²) in [6.07, 6.45) is 6.12. The molecular formula is C19H24Cl2N2O2. The average molecular weight is 383 g/mol. The topological polar surface area (TPSA) is 49.4 Å². The summed E-state index contributed by atoms with van der Waals surface area (Å²) < 4.78 is 0. The first-order valence-corrected chi connectivity index (χ1v) is 9.79. The number of nitrogens with zero attached hydrogens (tertiary/aromatic N) is 1. The maximum atomic E-state index is 12.8. The number of amides is 2. The van der Waals surface area contributed by atoms with Gasteiger partial charge >= 0.3 is 0 Å². The summed E-state index contributed by atoms with van der Waals surface area (Å²) in [5, 5.41) is 3.95. The van der Waals surface area contributed by atoms with Crippen molar-refractivity contribution in [3.05, 3.63) is 33.8 Å². The number of likely N-dealkylation sites (tertiary alicyclic amines) is 1. The summed E-state index contributed by atoms with van der Waals surface area (Å²) in [6, 6.07) is 4.68. The van der Waals surface area contributed by atoms with Crippen LogP contribution in [0, 0.1) is 5.92 Å². The van der Waals surface area contributed by atoms with Crippen LogP contribution in [0.4, 0.5) is 0 Å². The lowest BCUT2D eigenvalue weighted by molar-refractivity contribution is -0.126. The second-order valence-corrected chi connectivity index (χ2v) is 7.98. The first-order chi connectivity index (χ1) is 12.0. The van der Waals surface area contributed by atoms with Crippen molar-refractivity contribution < 1.29 is 9.59 Å². The van der Waals surface area contributed by atoms with E-state index >= 15 is 0 Å². The molecule has 2 fully saturated rings. The minimum atomic E-state index is -0.393. The Bertz CT molecular complexity index is 665. The first kappa shape index (κ1) is 18.5. The minimum Gasteiger partial charge on any atom is -0.351 e. The van der Waals surface area contributed by atoms with E-state index in [1.54, 1.807) is 23.1 Å². The molecule has 3 atom stereocenters. The molecule has 136 valence electrons. The van der Waals surface area contributed by atoms with E-state index in [0.717, 1.165) is 25.7 Å². The quantitative estimate of drug-likeness (QED) is 0.847. The van der Waals surface area contributed by atoms with Crippen LogP contribution in [-0.2, 0) is 4.79 Å². The van der Waals surface area contributed by atoms with Gasteiger partial charge in [-0.2, -0.15) is 0 Å². The lowest BCUT2D eigenvalue weighted by atomic mass is 9.86. The van der Waals surface area contributed by atoms with Gasteiger partial charge in [-0.3, -0.25) is 9.59 Å². The van der Waals surface area contributed by atoms with Gasteiger partial charge in [0.15, 0.2) is 0 Å². The number of halogens is 2. The lowest BCUT2D eigenvalue weighted by Gasteiger charge is -2.32. The van der Waals surface area contributed by atoms with E-state index in [2.05, 4.69) is 12.2 Å². The van der Waals surface area contributed by atoms with Crippen LogP contribution >= 0.6 is 23.2 Å². The number of nitrogens with one attached hydrogen (secondary N) is 1. The van der Waals surface area contributed by atoms with Gasteiger partial charge in [0, 0.05) is 18.2 Å². The van der Waals surface area contributed by atoms with Gasteiger partial charge in [0.25, 0.3) is 5.91 Å². The van der Waals surface area contributed by atoms with Crippen molar-refractivity contribution in [3.8, 4) is 0 Å². The number of carbonyl (C=O) groups excluding carboxylic acids is 2. The Morgan fingerprint density at radius 2 is 1.84 bits per heavy atom. The van der Waals surface area contributed by atoms with Gasteiger partial charge in [-0.1, -0.05) is 43.0 Å². The zero-order valence-corrected chi connectivity index (χ0v) is 15.9. The highest BCUT2D eigenvalue weighted by atomic mass is 35.5. The molecule has 1 heterocycles. The van der Waals surface area contributed by atoms with Crippen molar-refractivity contribution >= 4 is 35.0 Å². The Morgan fingerprint density at radius 3 is 2.56 bits per heavy atom. The molecule has 1 aliphatic heterocycles. The number of rotatable bonds is 3. The van der Waals surface area contributed by atoms with Crippen LogP contribution < -0.4 is 5.32 Å². The van der Waals surface area contributed by atoms with E-state index in [-0.39, 0.29) is 17.9 Å². The highest BCUT2D eigenvalue weighted by Crippen LogP contribution is 2.27. The van der Waals surface area contributed by atoms with E-state index in [9.17, 15) is 9.59 Å². The van der Waals surface area contributed by atoms with E-state index < -0.39 is 6.04 Å². The molecule has 1 aliphatic carbocycles. The van der Waals surface area contributed by atoms with Gasteiger partial charge in [-0.25, -0.2) is 0 Å². The Morgan fingerprint density at radius 1 is 1.08 bits per heavy atom. The molecule has 2 aliphatic rings. The smallest absolute Gasteiger partial charge is 0.254 e. The molecule has 3 rings (SSSR count). The van der Waals surface area contributed by atoms with Crippen molar-refractivity contribution in [3.63, 3.8) is 0 Å². The van der Waals surface area contributed by atoms with Crippen molar-refractivity contribution in [2.45, 2.75) is 57.5 Å². The molecule has 1 aromatic carbocycles. The van der Waals surface area contributed by atoms with Crippen LogP contribution in [0.25, 0.3) is 0 Å². The fraction of sp³-hybridized carbons (Fsp3) is 0.579. The maximum absolute atomic E-state index is 12.8. The van der Waals surface area contributed by atoms with Crippen molar-refractivity contribution in [1.82, 2.24) is 10.2 Å². The summed E-state index contributed by atoms with van der Waals surface area (Å²) in [6.45, 7) is 2.79. The highest BCUT2D eigenvalue weighted by Gasteiger charge is 2.36. The second kappa shape index (κ2) is 7.96. The Kier molecular flexibility index (Phi) is 5.90. The molecule has 0 radical (unpaired) electrons. The van der Waals surface area contributed by atoms with Gasteiger partial charge in [-0.15, -0.1) is 0 Å². The van der Waals surface area contributed by atoms with Crippen molar-refractivity contribution in [1.29, 1.82) is 0 Å². The van der Waals surface area contributed by atoms with E-state index in [1.165, 1.54) is 6.42 Å². The molecule has 0 bridgehead atoms. The molecule has 4 nitrogen and oxygen atoms in total. The van der Waals surface area contributed by atoms with Crippen LogP contribution in [0.5, 0.6) is 0 Å². The molecule has 6 heteroatoms. The Hall–Kier alpha value is -1.26. The predicted molar refractivity (Wildman–Crippen MR) is 100 cm³/mol. The van der Waals surface area contributed by atoms with Gasteiger partial charge in [0.2, 0.25) is 5.91 Å². The highest BCUT2D eigenvalue weighted by molar-refractivity contribution is 6.42. The van der Waals surface area contributed by atoms with Crippen LogP contribution in [0.2, 0.25) is 10.0 Å². The summed E-state index contributed by atoms with van der Waals surface area (Å²) in [4.78, 5) is 27.3. The molecule has 1 N–H and O–H groups in total. The third-order valence-electron chi connectivity index (χ3n) is 5.42. The summed E-state index contributed by atoms with van der Waals surface area (Å²) in [5.74, 6) is 0.316. The fourth-order valence-corrected chi connectivity index (χ4v) is 4.19. The molecule has 0 aromatic heterocycles. The summed E-state index contributed by atoms with van der Waals surface area (Å²) in [7, 11) is 0.